The Hall–Kier alpha value is -2.38. The highest BCUT2D eigenvalue weighted by Gasteiger charge is 2.34. The van der Waals surface area contributed by atoms with E-state index < -0.39 is 18.6 Å². The summed E-state index contributed by atoms with van der Waals surface area (Å²) < 4.78 is 39.6. The quantitative estimate of drug-likeness (QED) is 0.789. The summed E-state index contributed by atoms with van der Waals surface area (Å²) in [5.41, 5.74) is 0.244. The molecule has 0 atom stereocenters. The van der Waals surface area contributed by atoms with Gasteiger partial charge in [0.05, 0.1) is 17.2 Å². The molecule has 3 rings (SSSR count). The molecule has 0 unspecified atom stereocenters. The molecule has 26 heavy (non-hydrogen) atoms. The molecule has 0 aliphatic heterocycles. The summed E-state index contributed by atoms with van der Waals surface area (Å²) in [4.78, 5) is 29.8. The van der Waals surface area contributed by atoms with Crippen LogP contribution in [0.5, 0.6) is 0 Å². The van der Waals surface area contributed by atoms with Crippen LogP contribution < -0.4 is 5.56 Å². The normalized spacial score (nSPS) is 15.0. The lowest BCUT2D eigenvalue weighted by Gasteiger charge is -2.33. The van der Waals surface area contributed by atoms with Crippen molar-refractivity contribution in [2.75, 3.05) is 13.1 Å². The third-order valence-corrected chi connectivity index (χ3v) is 4.72. The highest BCUT2D eigenvalue weighted by atomic mass is 19.4. The zero-order chi connectivity index (χ0) is 18.7. The number of amides is 1. The van der Waals surface area contributed by atoms with E-state index >= 15 is 0 Å². The maximum atomic E-state index is 12.8. The van der Waals surface area contributed by atoms with E-state index in [1.807, 2.05) is 0 Å². The standard InChI is InChI=1S/C18H20F3N3O2/c19-18(20,21)11-24(10-13-4-3-5-13)16(25)8-9-23-12-22-15-7-2-1-6-14(15)17(23)26/h1-2,6-7,12-13H,3-5,8-11H2. The number of hydrogen-bond acceptors (Lipinski definition) is 3. The second kappa shape index (κ2) is 7.47. The van der Waals surface area contributed by atoms with E-state index in [-0.39, 0.29) is 31.0 Å². The van der Waals surface area contributed by atoms with Crippen LogP contribution in [0.3, 0.4) is 0 Å². The van der Waals surface area contributed by atoms with Crippen molar-refractivity contribution >= 4 is 16.8 Å². The number of fused-ring (bicyclic) bond motifs is 1. The van der Waals surface area contributed by atoms with E-state index in [1.165, 1.54) is 10.9 Å². The predicted octanol–water partition coefficient (Wildman–Crippen LogP) is 2.98. The Morgan fingerprint density at radius 1 is 1.27 bits per heavy atom. The summed E-state index contributed by atoms with van der Waals surface area (Å²) in [5, 5.41) is 0.420. The summed E-state index contributed by atoms with van der Waals surface area (Å²) in [5.74, 6) is -0.444. The third kappa shape index (κ3) is 4.42. The summed E-state index contributed by atoms with van der Waals surface area (Å²) in [6.45, 7) is -1.11. The minimum Gasteiger partial charge on any atom is -0.333 e. The third-order valence-electron chi connectivity index (χ3n) is 4.72. The van der Waals surface area contributed by atoms with Crippen molar-refractivity contribution in [3.8, 4) is 0 Å². The molecule has 1 saturated carbocycles. The fourth-order valence-corrected chi connectivity index (χ4v) is 3.10. The average Bonchev–Trinajstić information content (AvgIpc) is 2.55. The molecular weight excluding hydrogens is 347 g/mol. The lowest BCUT2D eigenvalue weighted by Crippen LogP contribution is -2.43. The molecule has 140 valence electrons. The maximum absolute atomic E-state index is 12.8. The Morgan fingerprint density at radius 3 is 2.65 bits per heavy atom. The first-order valence-electron chi connectivity index (χ1n) is 8.62. The first kappa shape index (κ1) is 18.4. The molecule has 1 aliphatic rings. The number of rotatable bonds is 6. The highest BCUT2D eigenvalue weighted by Crippen LogP contribution is 2.28. The molecule has 1 fully saturated rings. The van der Waals surface area contributed by atoms with Crippen LogP contribution in [0, 0.1) is 5.92 Å². The van der Waals surface area contributed by atoms with Gasteiger partial charge >= 0.3 is 6.18 Å². The largest absolute Gasteiger partial charge is 0.406 e. The first-order chi connectivity index (χ1) is 12.3. The van der Waals surface area contributed by atoms with Gasteiger partial charge < -0.3 is 4.90 Å². The van der Waals surface area contributed by atoms with Crippen molar-refractivity contribution in [1.82, 2.24) is 14.5 Å². The summed E-state index contributed by atoms with van der Waals surface area (Å²) in [6, 6.07) is 6.81. The number of halogens is 3. The number of nitrogens with zero attached hydrogens (tertiary/aromatic N) is 3. The minimum absolute atomic E-state index is 0.00846. The smallest absolute Gasteiger partial charge is 0.333 e. The van der Waals surface area contributed by atoms with Gasteiger partial charge in [-0.2, -0.15) is 13.2 Å². The molecule has 2 aromatic rings. The number of aromatic nitrogens is 2. The van der Waals surface area contributed by atoms with E-state index in [4.69, 9.17) is 0 Å². The molecule has 0 spiro atoms. The molecule has 1 aliphatic carbocycles. The lowest BCUT2D eigenvalue weighted by molar-refractivity contribution is -0.163. The first-order valence-corrected chi connectivity index (χ1v) is 8.62. The molecule has 1 amide bonds. The molecule has 5 nitrogen and oxygen atoms in total. The molecule has 8 heteroatoms. The van der Waals surface area contributed by atoms with Crippen molar-refractivity contribution < 1.29 is 18.0 Å². The number of carbonyl (C=O) groups is 1. The highest BCUT2D eigenvalue weighted by molar-refractivity contribution is 5.77. The second-order valence-corrected chi connectivity index (χ2v) is 6.70. The monoisotopic (exact) mass is 367 g/mol. The molecule has 0 bridgehead atoms. The zero-order valence-corrected chi connectivity index (χ0v) is 14.2. The Bertz CT molecular complexity index is 843. The fraction of sp³-hybridized carbons (Fsp3) is 0.500. The number of carbonyl (C=O) groups excluding carboxylic acids is 1. The van der Waals surface area contributed by atoms with Gasteiger partial charge in [-0.05, 0) is 30.9 Å². The van der Waals surface area contributed by atoms with E-state index in [2.05, 4.69) is 4.98 Å². The molecule has 0 N–H and O–H groups in total. The van der Waals surface area contributed by atoms with Crippen LogP contribution in [-0.2, 0) is 11.3 Å². The molecule has 1 aromatic heterocycles. The van der Waals surface area contributed by atoms with Gasteiger partial charge in [-0.1, -0.05) is 18.6 Å². The van der Waals surface area contributed by atoms with Crippen molar-refractivity contribution in [2.24, 2.45) is 5.92 Å². The van der Waals surface area contributed by atoms with Crippen LogP contribution >= 0.6 is 0 Å². The topological polar surface area (TPSA) is 55.2 Å². The van der Waals surface area contributed by atoms with Crippen LogP contribution in [0.25, 0.3) is 10.9 Å². The number of alkyl halides is 3. The average molecular weight is 367 g/mol. The summed E-state index contributed by atoms with van der Waals surface area (Å²) in [7, 11) is 0. The molecule has 1 heterocycles. The zero-order valence-electron chi connectivity index (χ0n) is 14.2. The van der Waals surface area contributed by atoms with Gasteiger partial charge in [0.15, 0.2) is 0 Å². The van der Waals surface area contributed by atoms with Gasteiger partial charge in [0.1, 0.15) is 6.54 Å². The van der Waals surface area contributed by atoms with Crippen LogP contribution in [-0.4, -0.2) is 39.6 Å². The minimum atomic E-state index is -4.43. The number of aryl methyl sites for hydroxylation is 1. The Morgan fingerprint density at radius 2 is 2.00 bits per heavy atom. The molecule has 0 saturated heterocycles. The van der Waals surface area contributed by atoms with E-state index in [1.54, 1.807) is 24.3 Å². The number of hydrogen-bond donors (Lipinski definition) is 0. The van der Waals surface area contributed by atoms with Crippen molar-refractivity contribution in [3.63, 3.8) is 0 Å². The van der Waals surface area contributed by atoms with Crippen molar-refractivity contribution in [1.29, 1.82) is 0 Å². The van der Waals surface area contributed by atoms with Crippen LogP contribution in [0.1, 0.15) is 25.7 Å². The Kier molecular flexibility index (Phi) is 5.29. The van der Waals surface area contributed by atoms with Gasteiger partial charge in [0.2, 0.25) is 5.91 Å². The lowest BCUT2D eigenvalue weighted by atomic mass is 9.85. The van der Waals surface area contributed by atoms with Gasteiger partial charge in [-0.15, -0.1) is 0 Å². The van der Waals surface area contributed by atoms with E-state index in [9.17, 15) is 22.8 Å². The van der Waals surface area contributed by atoms with Crippen LogP contribution in [0.2, 0.25) is 0 Å². The Labute approximate surface area is 148 Å². The number of benzene rings is 1. The van der Waals surface area contributed by atoms with Gasteiger partial charge in [0.25, 0.3) is 5.56 Å². The van der Waals surface area contributed by atoms with Crippen molar-refractivity contribution in [3.05, 3.63) is 40.9 Å². The van der Waals surface area contributed by atoms with E-state index in [0.29, 0.717) is 10.9 Å². The predicted molar refractivity (Wildman–Crippen MR) is 90.6 cm³/mol. The number of para-hydroxylation sites is 1. The van der Waals surface area contributed by atoms with Crippen LogP contribution in [0.4, 0.5) is 13.2 Å². The maximum Gasteiger partial charge on any atom is 0.406 e. The van der Waals surface area contributed by atoms with Gasteiger partial charge in [-0.3, -0.25) is 14.2 Å². The molecule has 0 radical (unpaired) electrons. The van der Waals surface area contributed by atoms with Crippen molar-refractivity contribution in [2.45, 2.75) is 38.4 Å². The van der Waals surface area contributed by atoms with E-state index in [0.717, 1.165) is 24.2 Å². The SMILES string of the molecule is O=C(CCn1cnc2ccccc2c1=O)N(CC1CCC1)CC(F)(F)F. The van der Waals surface area contributed by atoms with Gasteiger partial charge in [-0.25, -0.2) is 4.98 Å². The summed E-state index contributed by atoms with van der Waals surface area (Å²) in [6.07, 6.45) is -0.552. The molecule has 1 aromatic carbocycles. The summed E-state index contributed by atoms with van der Waals surface area (Å²) >= 11 is 0. The molecular formula is C18H20F3N3O2. The Balaban J connectivity index is 1.69. The second-order valence-electron chi connectivity index (χ2n) is 6.70. The van der Waals surface area contributed by atoms with Crippen LogP contribution in [0.15, 0.2) is 35.4 Å². The van der Waals surface area contributed by atoms with Gasteiger partial charge in [0, 0.05) is 19.5 Å². The fourth-order valence-electron chi connectivity index (χ4n) is 3.10.